The summed E-state index contributed by atoms with van der Waals surface area (Å²) >= 11 is 17.9. The predicted octanol–water partition coefficient (Wildman–Crippen LogP) is 4.02. The van der Waals surface area contributed by atoms with E-state index in [1.165, 1.54) is 6.08 Å². The van der Waals surface area contributed by atoms with Gasteiger partial charge >= 0.3 is 0 Å². The average Bonchev–Trinajstić information content (AvgIpc) is 2.33. The molecule has 0 unspecified atom stereocenters. The summed E-state index contributed by atoms with van der Waals surface area (Å²) in [6, 6.07) is 3.76. The van der Waals surface area contributed by atoms with Crippen LogP contribution in [-0.4, -0.2) is 17.4 Å². The van der Waals surface area contributed by atoms with Gasteiger partial charge < -0.3 is 4.90 Å². The number of fused-ring (bicyclic) bond motifs is 1. The van der Waals surface area contributed by atoms with Gasteiger partial charge in [0.15, 0.2) is 0 Å². The predicted molar refractivity (Wildman–Crippen MR) is 75.2 cm³/mol. The van der Waals surface area contributed by atoms with Crippen LogP contribution < -0.4 is 0 Å². The molecule has 1 aliphatic heterocycles. The van der Waals surface area contributed by atoms with E-state index in [1.807, 2.05) is 6.07 Å². The van der Waals surface area contributed by atoms with Crippen molar-refractivity contribution < 1.29 is 4.79 Å². The summed E-state index contributed by atoms with van der Waals surface area (Å²) in [5.74, 6) is -0.0933. The summed E-state index contributed by atoms with van der Waals surface area (Å²) in [4.78, 5) is 13.6. The van der Waals surface area contributed by atoms with Crippen LogP contribution in [0.5, 0.6) is 0 Å². The first-order chi connectivity index (χ1) is 8.49. The molecule has 0 spiro atoms. The van der Waals surface area contributed by atoms with Gasteiger partial charge in [0.2, 0.25) is 5.91 Å². The highest BCUT2D eigenvalue weighted by Crippen LogP contribution is 2.32. The molecule has 5 heteroatoms. The molecule has 0 fully saturated rings. The van der Waals surface area contributed by atoms with Crippen molar-refractivity contribution >= 4 is 40.7 Å². The van der Waals surface area contributed by atoms with Gasteiger partial charge in [0.1, 0.15) is 0 Å². The fraction of sp³-hybridized carbons (Fsp3) is 0.308. The Bertz CT molecular complexity index is 521. The minimum absolute atomic E-state index is 0.0933. The molecule has 18 heavy (non-hydrogen) atoms. The molecule has 96 valence electrons. The molecule has 0 radical (unpaired) electrons. The summed E-state index contributed by atoms with van der Waals surface area (Å²) in [6.07, 6.45) is 2.21. The zero-order valence-electron chi connectivity index (χ0n) is 9.84. The van der Waals surface area contributed by atoms with Gasteiger partial charge in [-0.1, -0.05) is 40.9 Å². The maximum atomic E-state index is 11.9. The first-order valence-corrected chi connectivity index (χ1v) is 6.71. The number of amides is 1. The Labute approximate surface area is 121 Å². The highest BCUT2D eigenvalue weighted by atomic mass is 35.5. The van der Waals surface area contributed by atoms with Gasteiger partial charge in [-0.2, -0.15) is 0 Å². The zero-order valence-corrected chi connectivity index (χ0v) is 12.1. The van der Waals surface area contributed by atoms with Crippen molar-refractivity contribution in [3.8, 4) is 0 Å². The molecule has 0 aromatic heterocycles. The Morgan fingerprint density at radius 3 is 2.78 bits per heavy atom. The lowest BCUT2D eigenvalue weighted by molar-refractivity contribution is -0.126. The third kappa shape index (κ3) is 2.82. The van der Waals surface area contributed by atoms with Crippen molar-refractivity contribution in [2.45, 2.75) is 19.9 Å². The number of rotatable bonds is 1. The number of hydrogen-bond donors (Lipinski definition) is 0. The van der Waals surface area contributed by atoms with Gasteiger partial charge in [0.05, 0.1) is 10.0 Å². The summed E-state index contributed by atoms with van der Waals surface area (Å²) in [5.41, 5.74) is 2.09. The Kier molecular flexibility index (Phi) is 4.21. The van der Waals surface area contributed by atoms with Crippen LogP contribution in [0.2, 0.25) is 10.0 Å². The van der Waals surface area contributed by atoms with Gasteiger partial charge in [-0.3, -0.25) is 4.79 Å². The molecule has 2 rings (SSSR count). The molecule has 1 aliphatic rings. The quantitative estimate of drug-likeness (QED) is 0.718. The Morgan fingerprint density at radius 1 is 1.39 bits per heavy atom. The molecule has 1 aromatic carbocycles. The van der Waals surface area contributed by atoms with Crippen molar-refractivity contribution in [1.29, 1.82) is 0 Å². The van der Waals surface area contributed by atoms with Gasteiger partial charge in [0, 0.05) is 24.2 Å². The maximum Gasteiger partial charge on any atom is 0.248 e. The van der Waals surface area contributed by atoms with Crippen molar-refractivity contribution in [3.05, 3.63) is 44.4 Å². The summed E-state index contributed by atoms with van der Waals surface area (Å²) in [6.45, 7) is 2.83. The van der Waals surface area contributed by atoms with Crippen molar-refractivity contribution in [2.75, 3.05) is 6.54 Å². The number of benzene rings is 1. The molecule has 0 bridgehead atoms. The molecule has 1 amide bonds. The first kappa shape index (κ1) is 13.7. The third-order valence-electron chi connectivity index (χ3n) is 2.93. The van der Waals surface area contributed by atoms with Crippen LogP contribution >= 0.6 is 34.8 Å². The fourth-order valence-electron chi connectivity index (χ4n) is 2.01. The number of halogens is 3. The molecule has 1 heterocycles. The lowest BCUT2D eigenvalue weighted by atomic mass is 9.99. The highest BCUT2D eigenvalue weighted by molar-refractivity contribution is 6.42. The molecule has 0 N–H and O–H groups in total. The van der Waals surface area contributed by atoms with Crippen molar-refractivity contribution in [3.63, 3.8) is 0 Å². The largest absolute Gasteiger partial charge is 0.334 e. The van der Waals surface area contributed by atoms with E-state index in [2.05, 4.69) is 0 Å². The summed E-state index contributed by atoms with van der Waals surface area (Å²) < 4.78 is 0. The van der Waals surface area contributed by atoms with Gasteiger partial charge in [-0.25, -0.2) is 0 Å². The van der Waals surface area contributed by atoms with E-state index in [-0.39, 0.29) is 5.91 Å². The van der Waals surface area contributed by atoms with Crippen LogP contribution in [0.25, 0.3) is 0 Å². The third-order valence-corrected chi connectivity index (χ3v) is 3.88. The van der Waals surface area contributed by atoms with E-state index in [4.69, 9.17) is 34.8 Å². The van der Waals surface area contributed by atoms with Crippen molar-refractivity contribution in [2.24, 2.45) is 0 Å². The maximum absolute atomic E-state index is 11.9. The minimum Gasteiger partial charge on any atom is -0.334 e. The number of carbonyl (C=O) groups excluding carboxylic acids is 1. The Morgan fingerprint density at radius 2 is 2.11 bits per heavy atom. The van der Waals surface area contributed by atoms with Gasteiger partial charge in [-0.15, -0.1) is 0 Å². The highest BCUT2D eigenvalue weighted by Gasteiger charge is 2.22. The molecule has 0 saturated carbocycles. The van der Waals surface area contributed by atoms with Crippen molar-refractivity contribution in [1.82, 2.24) is 4.90 Å². The van der Waals surface area contributed by atoms with Crippen LogP contribution in [0.15, 0.2) is 23.2 Å². The Hall–Kier alpha value is -0.700. The normalized spacial score (nSPS) is 15.6. The molecule has 1 aromatic rings. The lowest BCUT2D eigenvalue weighted by Crippen LogP contribution is -2.35. The van der Waals surface area contributed by atoms with Crippen LogP contribution in [0.4, 0.5) is 0 Å². The number of allylic oxidation sites excluding steroid dienone is 1. The van der Waals surface area contributed by atoms with Gasteiger partial charge in [-0.05, 0) is 30.5 Å². The Balaban J connectivity index is 2.27. The summed E-state index contributed by atoms with van der Waals surface area (Å²) in [5, 5.41) is 1.54. The van der Waals surface area contributed by atoms with Gasteiger partial charge in [0.25, 0.3) is 0 Å². The lowest BCUT2D eigenvalue weighted by Gasteiger charge is -2.29. The molecular formula is C13H12Cl3NO. The second-order valence-corrected chi connectivity index (χ2v) is 5.62. The van der Waals surface area contributed by atoms with Crippen LogP contribution in [0.1, 0.15) is 18.1 Å². The average molecular weight is 305 g/mol. The second-order valence-electron chi connectivity index (χ2n) is 4.24. The van der Waals surface area contributed by atoms with E-state index >= 15 is 0 Å². The number of carbonyl (C=O) groups is 1. The number of nitrogens with zero attached hydrogens (tertiary/aromatic N) is 1. The zero-order chi connectivity index (χ0) is 13.3. The minimum atomic E-state index is -0.0933. The molecule has 2 nitrogen and oxygen atoms in total. The summed E-state index contributed by atoms with van der Waals surface area (Å²) in [7, 11) is 0. The standard InChI is InChI=1S/C13H12Cl3NO/c1-8(14)6-12(18)17-5-4-9-2-3-11(15)13(16)10(9)7-17/h2-3,6H,4-5,7H2,1H3/b8-6-. The number of hydrogen-bond acceptors (Lipinski definition) is 1. The smallest absolute Gasteiger partial charge is 0.248 e. The van der Waals surface area contributed by atoms with E-state index in [0.29, 0.717) is 28.2 Å². The topological polar surface area (TPSA) is 20.3 Å². The SMILES string of the molecule is C/C(Cl)=C/C(=O)N1CCc2ccc(Cl)c(Cl)c2C1. The second kappa shape index (κ2) is 5.52. The van der Waals surface area contributed by atoms with E-state index in [1.54, 1.807) is 17.9 Å². The first-order valence-electron chi connectivity index (χ1n) is 5.57. The van der Waals surface area contributed by atoms with Crippen LogP contribution in [0.3, 0.4) is 0 Å². The molecule has 0 atom stereocenters. The molecular weight excluding hydrogens is 293 g/mol. The molecule has 0 saturated heterocycles. The van der Waals surface area contributed by atoms with Crippen LogP contribution in [-0.2, 0) is 17.8 Å². The van der Waals surface area contributed by atoms with E-state index in [0.717, 1.165) is 17.5 Å². The molecule has 0 aliphatic carbocycles. The van der Waals surface area contributed by atoms with Crippen LogP contribution in [0, 0.1) is 0 Å². The van der Waals surface area contributed by atoms with E-state index < -0.39 is 0 Å². The fourth-order valence-corrected chi connectivity index (χ4v) is 2.53. The van der Waals surface area contributed by atoms with E-state index in [9.17, 15) is 4.79 Å². The monoisotopic (exact) mass is 303 g/mol.